The summed E-state index contributed by atoms with van der Waals surface area (Å²) in [5, 5.41) is 0. The van der Waals surface area contributed by atoms with E-state index in [-0.39, 0.29) is 18.3 Å². The van der Waals surface area contributed by atoms with Crippen LogP contribution in [-0.2, 0) is 6.18 Å². The predicted octanol–water partition coefficient (Wildman–Crippen LogP) is 1.91. The fourth-order valence-corrected chi connectivity index (χ4v) is 1.01. The number of aromatic nitrogens is 2. The number of rotatable bonds is 3. The minimum atomic E-state index is -4.53. The first kappa shape index (κ1) is 12.7. The van der Waals surface area contributed by atoms with Crippen molar-refractivity contribution in [3.05, 3.63) is 17.6 Å². The number of hydrogen-bond donors (Lipinski definition) is 1. The maximum absolute atomic E-state index is 12.5. The Labute approximate surface area is 90.6 Å². The van der Waals surface area contributed by atoms with Crippen LogP contribution in [0.3, 0.4) is 0 Å². The van der Waals surface area contributed by atoms with Gasteiger partial charge >= 0.3 is 6.18 Å². The Balaban J connectivity index is 3.19. The number of nitrogens with two attached hydrogens (primary N) is 1. The molecule has 0 fully saturated rings. The molecule has 1 aromatic rings. The molecule has 1 unspecified atom stereocenters. The molecule has 4 nitrogen and oxygen atoms in total. The second-order valence-corrected chi connectivity index (χ2v) is 3.17. The molecule has 0 amide bonds. The summed E-state index contributed by atoms with van der Waals surface area (Å²) in [6.07, 6.45) is -4.53. The SMILES string of the molecule is CCOc1cc(C(F)(F)F)nc(C(C)N)n1. The zero-order valence-corrected chi connectivity index (χ0v) is 8.88. The lowest BCUT2D eigenvalue weighted by atomic mass is 10.3. The summed E-state index contributed by atoms with van der Waals surface area (Å²) in [7, 11) is 0. The van der Waals surface area contributed by atoms with Gasteiger partial charge in [-0.05, 0) is 13.8 Å². The van der Waals surface area contributed by atoms with Crippen LogP contribution in [-0.4, -0.2) is 16.6 Å². The number of hydrogen-bond acceptors (Lipinski definition) is 4. The van der Waals surface area contributed by atoms with Gasteiger partial charge in [0, 0.05) is 6.07 Å². The van der Waals surface area contributed by atoms with Gasteiger partial charge in [0.15, 0.2) is 5.69 Å². The molecule has 1 aromatic heterocycles. The van der Waals surface area contributed by atoms with Crippen LogP contribution in [0.1, 0.15) is 31.4 Å². The van der Waals surface area contributed by atoms with Gasteiger partial charge in [-0.25, -0.2) is 4.98 Å². The average molecular weight is 235 g/mol. The van der Waals surface area contributed by atoms with Crippen molar-refractivity contribution in [2.75, 3.05) is 6.61 Å². The van der Waals surface area contributed by atoms with Crippen molar-refractivity contribution in [1.29, 1.82) is 0 Å². The van der Waals surface area contributed by atoms with Crippen molar-refractivity contribution in [2.24, 2.45) is 5.73 Å². The van der Waals surface area contributed by atoms with Crippen LogP contribution in [0.25, 0.3) is 0 Å². The molecule has 1 heterocycles. The molecule has 0 bridgehead atoms. The first-order valence-corrected chi connectivity index (χ1v) is 4.69. The maximum Gasteiger partial charge on any atom is 0.433 e. The molecule has 90 valence electrons. The zero-order valence-electron chi connectivity index (χ0n) is 8.88. The van der Waals surface area contributed by atoms with Crippen LogP contribution < -0.4 is 10.5 Å². The Morgan fingerprint density at radius 1 is 1.44 bits per heavy atom. The van der Waals surface area contributed by atoms with Crippen LogP contribution in [0.5, 0.6) is 5.88 Å². The lowest BCUT2D eigenvalue weighted by Gasteiger charge is -2.11. The van der Waals surface area contributed by atoms with Gasteiger partial charge in [0.2, 0.25) is 5.88 Å². The Morgan fingerprint density at radius 3 is 2.50 bits per heavy atom. The van der Waals surface area contributed by atoms with Gasteiger partial charge in [0.25, 0.3) is 0 Å². The highest BCUT2D eigenvalue weighted by molar-refractivity contribution is 5.19. The molecule has 0 radical (unpaired) electrons. The summed E-state index contributed by atoms with van der Waals surface area (Å²) in [5.41, 5.74) is 4.40. The third-order valence-electron chi connectivity index (χ3n) is 1.71. The molecule has 0 spiro atoms. The summed E-state index contributed by atoms with van der Waals surface area (Å²) in [4.78, 5) is 7.12. The minimum Gasteiger partial charge on any atom is -0.478 e. The van der Waals surface area contributed by atoms with Crippen LogP contribution in [0.4, 0.5) is 13.2 Å². The molecule has 7 heteroatoms. The molecule has 2 N–H and O–H groups in total. The number of alkyl halides is 3. The molecular formula is C9H12F3N3O. The van der Waals surface area contributed by atoms with Gasteiger partial charge in [-0.15, -0.1) is 0 Å². The van der Waals surface area contributed by atoms with Crippen molar-refractivity contribution in [3.63, 3.8) is 0 Å². The molecule has 0 saturated heterocycles. The molecule has 1 atom stereocenters. The van der Waals surface area contributed by atoms with E-state index >= 15 is 0 Å². The van der Waals surface area contributed by atoms with Crippen molar-refractivity contribution >= 4 is 0 Å². The van der Waals surface area contributed by atoms with E-state index in [2.05, 4.69) is 9.97 Å². The zero-order chi connectivity index (χ0) is 12.3. The van der Waals surface area contributed by atoms with E-state index in [1.807, 2.05) is 0 Å². The van der Waals surface area contributed by atoms with Gasteiger partial charge in [0.1, 0.15) is 5.82 Å². The normalized spacial score (nSPS) is 13.6. The van der Waals surface area contributed by atoms with Crippen molar-refractivity contribution in [2.45, 2.75) is 26.1 Å². The van der Waals surface area contributed by atoms with Crippen LogP contribution in [0.2, 0.25) is 0 Å². The van der Waals surface area contributed by atoms with Crippen molar-refractivity contribution in [1.82, 2.24) is 9.97 Å². The summed E-state index contributed by atoms with van der Waals surface area (Å²) in [6, 6.07) is 0.0801. The van der Waals surface area contributed by atoms with Gasteiger partial charge in [-0.3, -0.25) is 0 Å². The lowest BCUT2D eigenvalue weighted by Crippen LogP contribution is -2.16. The smallest absolute Gasteiger partial charge is 0.433 e. The Hall–Kier alpha value is -1.37. The summed E-state index contributed by atoms with van der Waals surface area (Å²) >= 11 is 0. The highest BCUT2D eigenvalue weighted by Crippen LogP contribution is 2.29. The first-order valence-electron chi connectivity index (χ1n) is 4.69. The van der Waals surface area contributed by atoms with E-state index in [1.165, 1.54) is 6.92 Å². The third kappa shape index (κ3) is 3.06. The molecular weight excluding hydrogens is 223 g/mol. The molecule has 0 aliphatic rings. The standard InChI is InChI=1S/C9H12F3N3O/c1-3-16-7-4-6(9(10,11)12)14-8(15-7)5(2)13/h4-5H,3,13H2,1-2H3. The van der Waals surface area contributed by atoms with Crippen LogP contribution >= 0.6 is 0 Å². The Bertz CT molecular complexity index is 366. The second kappa shape index (κ2) is 4.65. The number of halogens is 3. The van der Waals surface area contributed by atoms with Gasteiger partial charge in [0.05, 0.1) is 12.6 Å². The molecule has 0 aliphatic carbocycles. The quantitative estimate of drug-likeness (QED) is 0.869. The molecule has 1 rings (SSSR count). The fourth-order valence-electron chi connectivity index (χ4n) is 1.01. The summed E-state index contributed by atoms with van der Waals surface area (Å²) in [5.74, 6) is -0.199. The first-order chi connectivity index (χ1) is 7.34. The van der Waals surface area contributed by atoms with Gasteiger partial charge < -0.3 is 10.5 Å². The van der Waals surface area contributed by atoms with Crippen molar-refractivity contribution < 1.29 is 17.9 Å². The highest BCUT2D eigenvalue weighted by Gasteiger charge is 2.34. The number of ether oxygens (including phenoxy) is 1. The molecule has 0 saturated carbocycles. The number of nitrogens with zero attached hydrogens (tertiary/aromatic N) is 2. The van der Waals surface area contributed by atoms with Crippen LogP contribution in [0.15, 0.2) is 6.07 Å². The largest absolute Gasteiger partial charge is 0.478 e. The molecule has 0 aromatic carbocycles. The van der Waals surface area contributed by atoms with E-state index in [1.54, 1.807) is 6.92 Å². The van der Waals surface area contributed by atoms with E-state index in [0.29, 0.717) is 0 Å². The summed E-state index contributed by atoms with van der Waals surface area (Å²) in [6.45, 7) is 3.39. The van der Waals surface area contributed by atoms with E-state index < -0.39 is 17.9 Å². The fraction of sp³-hybridized carbons (Fsp3) is 0.556. The highest BCUT2D eigenvalue weighted by atomic mass is 19.4. The molecule has 0 aliphatic heterocycles. The predicted molar refractivity (Wildman–Crippen MR) is 50.8 cm³/mol. The molecule has 16 heavy (non-hydrogen) atoms. The van der Waals surface area contributed by atoms with Gasteiger partial charge in [-0.1, -0.05) is 0 Å². The van der Waals surface area contributed by atoms with Gasteiger partial charge in [-0.2, -0.15) is 18.2 Å². The Kier molecular flexibility index (Phi) is 3.69. The third-order valence-corrected chi connectivity index (χ3v) is 1.71. The van der Waals surface area contributed by atoms with E-state index in [9.17, 15) is 13.2 Å². The van der Waals surface area contributed by atoms with Crippen LogP contribution in [0, 0.1) is 0 Å². The van der Waals surface area contributed by atoms with Crippen molar-refractivity contribution in [3.8, 4) is 5.88 Å². The maximum atomic E-state index is 12.5. The van der Waals surface area contributed by atoms with E-state index in [0.717, 1.165) is 6.07 Å². The lowest BCUT2D eigenvalue weighted by molar-refractivity contribution is -0.141. The monoisotopic (exact) mass is 235 g/mol. The topological polar surface area (TPSA) is 61.0 Å². The average Bonchev–Trinajstić information content (AvgIpc) is 2.16. The minimum absolute atomic E-state index is 0.0849. The van der Waals surface area contributed by atoms with E-state index in [4.69, 9.17) is 10.5 Å². The summed E-state index contributed by atoms with van der Waals surface area (Å²) < 4.78 is 42.3. The second-order valence-electron chi connectivity index (χ2n) is 3.17. The Morgan fingerprint density at radius 2 is 2.06 bits per heavy atom.